The molecule has 0 unspecified atom stereocenters. The first kappa shape index (κ1) is 24.8. The van der Waals surface area contributed by atoms with E-state index in [1.807, 2.05) is 13.8 Å². The number of hydrogen-bond acceptors (Lipinski definition) is 4. The van der Waals surface area contributed by atoms with Crippen LogP contribution in [0.5, 0.6) is 0 Å². The smallest absolute Gasteiger partial charge is 0.392 e. The Bertz CT molecular complexity index is 1090. The minimum atomic E-state index is -4.54. The number of halogens is 3. The van der Waals surface area contributed by atoms with Crippen LogP contribution in [0.4, 0.5) is 13.2 Å². The van der Waals surface area contributed by atoms with Crippen LogP contribution < -0.4 is 0 Å². The average molecular weight is 454 g/mol. The van der Waals surface area contributed by atoms with Crippen molar-refractivity contribution in [2.45, 2.75) is 37.9 Å². The number of nitrogens with zero attached hydrogens (tertiary/aromatic N) is 1. The van der Waals surface area contributed by atoms with E-state index < -0.39 is 28.3 Å². The molecule has 0 aliphatic heterocycles. The topological polar surface area (TPSA) is 66.7 Å². The summed E-state index contributed by atoms with van der Waals surface area (Å²) >= 11 is 0. The fourth-order valence-corrected chi connectivity index (χ4v) is 4.17. The summed E-state index contributed by atoms with van der Waals surface area (Å²) in [5.74, 6) is -0.120. The summed E-state index contributed by atoms with van der Waals surface area (Å²) < 4.78 is 63.7. The van der Waals surface area contributed by atoms with Crippen molar-refractivity contribution in [2.24, 2.45) is 10.9 Å². The van der Waals surface area contributed by atoms with Gasteiger partial charge in [-0.3, -0.25) is 4.99 Å². The molecule has 8 heteroatoms. The minimum absolute atomic E-state index is 0.0470. The van der Waals surface area contributed by atoms with Gasteiger partial charge in [0.2, 0.25) is 0 Å². The summed E-state index contributed by atoms with van der Waals surface area (Å²) in [7, 11) is -2.41. The van der Waals surface area contributed by atoms with Gasteiger partial charge in [0.25, 0.3) is 0 Å². The molecule has 0 bridgehead atoms. The largest absolute Gasteiger partial charge is 0.432 e. The normalized spacial score (nSPS) is 14.6. The number of aliphatic hydroxyl groups excluding tert-OH is 1. The van der Waals surface area contributed by atoms with Crippen LogP contribution in [-0.4, -0.2) is 38.7 Å². The zero-order valence-electron chi connectivity index (χ0n) is 17.9. The van der Waals surface area contributed by atoms with E-state index in [2.05, 4.69) is 4.99 Å². The lowest BCUT2D eigenvalue weighted by Crippen LogP contribution is -2.21. The molecular formula is C23H26F3NO3S. The Hall–Kier alpha value is -2.45. The van der Waals surface area contributed by atoms with Crippen LogP contribution in [0, 0.1) is 5.92 Å². The van der Waals surface area contributed by atoms with E-state index >= 15 is 0 Å². The Morgan fingerprint density at radius 2 is 1.71 bits per heavy atom. The van der Waals surface area contributed by atoms with E-state index in [9.17, 15) is 26.7 Å². The molecule has 1 atom stereocenters. The summed E-state index contributed by atoms with van der Waals surface area (Å²) in [6.07, 6.45) is -1.72. The van der Waals surface area contributed by atoms with Gasteiger partial charge in [0.05, 0.1) is 11.5 Å². The van der Waals surface area contributed by atoms with Gasteiger partial charge in [0.1, 0.15) is 5.71 Å². The van der Waals surface area contributed by atoms with E-state index in [4.69, 9.17) is 0 Å². The van der Waals surface area contributed by atoms with E-state index in [0.717, 1.165) is 19.4 Å². The summed E-state index contributed by atoms with van der Waals surface area (Å²) in [6.45, 7) is 3.36. The van der Waals surface area contributed by atoms with Crippen molar-refractivity contribution in [1.29, 1.82) is 0 Å². The quantitative estimate of drug-likeness (QED) is 0.578. The predicted molar refractivity (Wildman–Crippen MR) is 118 cm³/mol. The average Bonchev–Trinajstić information content (AvgIpc) is 2.72. The van der Waals surface area contributed by atoms with Crippen LogP contribution in [0.3, 0.4) is 0 Å². The maximum Gasteiger partial charge on any atom is 0.432 e. The van der Waals surface area contributed by atoms with Crippen LogP contribution in [0.15, 0.2) is 58.4 Å². The zero-order chi connectivity index (χ0) is 23.4. The van der Waals surface area contributed by atoms with Crippen molar-refractivity contribution < 1.29 is 26.7 Å². The minimum Gasteiger partial charge on any atom is -0.392 e. The summed E-state index contributed by atoms with van der Waals surface area (Å²) in [6, 6.07) is 11.7. The fourth-order valence-electron chi connectivity index (χ4n) is 3.22. The lowest BCUT2D eigenvalue weighted by Gasteiger charge is -2.17. The summed E-state index contributed by atoms with van der Waals surface area (Å²) in [4.78, 5) is 3.44. The second-order valence-electron chi connectivity index (χ2n) is 7.35. The molecule has 0 spiro atoms. The number of benzene rings is 2. The molecule has 4 nitrogen and oxygen atoms in total. The van der Waals surface area contributed by atoms with Gasteiger partial charge in [-0.15, -0.1) is 0 Å². The Balaban J connectivity index is 2.52. The van der Waals surface area contributed by atoms with Crippen LogP contribution in [0.25, 0.3) is 16.7 Å². The third-order valence-corrected chi connectivity index (χ3v) is 6.33. The molecule has 0 fully saturated rings. The highest BCUT2D eigenvalue weighted by molar-refractivity contribution is 7.90. The van der Waals surface area contributed by atoms with Crippen LogP contribution in [0.1, 0.15) is 31.4 Å². The molecule has 0 aliphatic carbocycles. The lowest BCUT2D eigenvalue weighted by molar-refractivity contribution is -0.0577. The number of alkyl halides is 3. The van der Waals surface area contributed by atoms with Crippen molar-refractivity contribution in [3.8, 4) is 11.1 Å². The van der Waals surface area contributed by atoms with Gasteiger partial charge in [0, 0.05) is 13.3 Å². The Morgan fingerprint density at radius 3 is 2.16 bits per heavy atom. The van der Waals surface area contributed by atoms with Crippen molar-refractivity contribution in [3.05, 3.63) is 59.7 Å². The molecular weight excluding hydrogens is 427 g/mol. The van der Waals surface area contributed by atoms with Gasteiger partial charge in [-0.05, 0) is 52.3 Å². The molecule has 31 heavy (non-hydrogen) atoms. The van der Waals surface area contributed by atoms with Crippen LogP contribution in [-0.2, 0) is 16.4 Å². The van der Waals surface area contributed by atoms with E-state index in [1.165, 1.54) is 6.07 Å². The second-order valence-corrected chi connectivity index (χ2v) is 9.33. The summed E-state index contributed by atoms with van der Waals surface area (Å²) in [5.41, 5.74) is 1.87. The highest BCUT2D eigenvalue weighted by atomic mass is 32.2. The van der Waals surface area contributed by atoms with E-state index in [1.54, 1.807) is 36.4 Å². The summed E-state index contributed by atoms with van der Waals surface area (Å²) in [5, 5.41) is 9.41. The first-order chi connectivity index (χ1) is 14.4. The maximum absolute atomic E-state index is 13.2. The standard InChI is InChI=1S/C23H26F3NO3S/c1-5-15(2)20(13-22(27-3)23(24,25)26)17-8-6-16(7-9-17)18-10-11-19(14-28)21(12-18)31(4,29)30/h6-13,15,28H,5,14H2,1-4H3/b20-13+,27-22+/t15-/m1/s1. The zero-order valence-corrected chi connectivity index (χ0v) is 18.7. The molecule has 168 valence electrons. The Kier molecular flexibility index (Phi) is 7.83. The molecule has 2 rings (SSSR count). The number of rotatable bonds is 7. The number of hydrogen-bond donors (Lipinski definition) is 1. The number of aliphatic imine (C=N–C) groups is 1. The highest BCUT2D eigenvalue weighted by Gasteiger charge is 2.34. The molecule has 2 aromatic carbocycles. The number of sulfone groups is 1. The Morgan fingerprint density at radius 1 is 1.13 bits per heavy atom. The van der Waals surface area contributed by atoms with Gasteiger partial charge >= 0.3 is 6.18 Å². The van der Waals surface area contributed by atoms with Crippen molar-refractivity contribution in [3.63, 3.8) is 0 Å². The van der Waals surface area contributed by atoms with Crippen LogP contribution in [0.2, 0.25) is 0 Å². The van der Waals surface area contributed by atoms with Crippen LogP contribution >= 0.6 is 0 Å². The van der Waals surface area contributed by atoms with Crippen molar-refractivity contribution in [2.75, 3.05) is 13.3 Å². The van der Waals surface area contributed by atoms with E-state index in [0.29, 0.717) is 34.2 Å². The first-order valence-corrected chi connectivity index (χ1v) is 11.6. The van der Waals surface area contributed by atoms with Gasteiger partial charge in [-0.25, -0.2) is 8.42 Å². The molecule has 0 radical (unpaired) electrons. The van der Waals surface area contributed by atoms with Crippen molar-refractivity contribution in [1.82, 2.24) is 0 Å². The molecule has 0 aromatic heterocycles. The Labute approximate surface area is 181 Å². The molecule has 0 aliphatic rings. The van der Waals surface area contributed by atoms with Gasteiger partial charge < -0.3 is 5.11 Å². The lowest BCUT2D eigenvalue weighted by atomic mass is 9.89. The predicted octanol–water partition coefficient (Wildman–Crippen LogP) is 5.31. The number of aliphatic hydroxyl groups is 1. The third-order valence-electron chi connectivity index (χ3n) is 5.16. The molecule has 0 saturated heterocycles. The van der Waals surface area contributed by atoms with Crippen molar-refractivity contribution >= 4 is 21.1 Å². The second kappa shape index (κ2) is 9.78. The molecule has 1 N–H and O–H groups in total. The van der Waals surface area contributed by atoms with E-state index in [-0.39, 0.29) is 10.8 Å². The molecule has 0 heterocycles. The number of allylic oxidation sites excluding steroid dienone is 2. The van der Waals surface area contributed by atoms with Gasteiger partial charge in [-0.2, -0.15) is 13.2 Å². The first-order valence-electron chi connectivity index (χ1n) is 9.72. The monoisotopic (exact) mass is 453 g/mol. The SMILES string of the molecule is CC[C@@H](C)/C(=C\C(=N/C)C(F)(F)F)c1ccc(-c2ccc(CO)c(S(C)(=O)=O)c2)cc1. The molecule has 2 aromatic rings. The fraction of sp³-hybridized carbons (Fsp3) is 0.348. The van der Waals surface area contributed by atoms with Gasteiger partial charge in [0.15, 0.2) is 9.84 Å². The molecule has 0 amide bonds. The molecule has 0 saturated carbocycles. The maximum atomic E-state index is 13.2. The third kappa shape index (κ3) is 6.04. The van der Waals surface area contributed by atoms with Gasteiger partial charge in [-0.1, -0.05) is 50.2 Å². The highest BCUT2D eigenvalue weighted by Crippen LogP contribution is 2.31.